The molecule has 112 valence electrons. The molecule has 1 aliphatic carbocycles. The molecular formula is C18H23NO2. The Bertz CT molecular complexity index is 583. The zero-order valence-electron chi connectivity index (χ0n) is 12.9. The fraction of sp³-hybridized carbons (Fsp3) is 0.500. The van der Waals surface area contributed by atoms with Crippen LogP contribution in [0.3, 0.4) is 0 Å². The Hall–Kier alpha value is -1.79. The summed E-state index contributed by atoms with van der Waals surface area (Å²) < 4.78 is 0. The smallest absolute Gasteiger partial charge is 0.251 e. The molecule has 3 atom stereocenters. The minimum Gasteiger partial charge on any atom is -0.384 e. The van der Waals surface area contributed by atoms with Crippen LogP contribution in [0.1, 0.15) is 48.2 Å². The Kier molecular flexibility index (Phi) is 5.03. The molecule has 1 fully saturated rings. The van der Waals surface area contributed by atoms with Gasteiger partial charge in [0, 0.05) is 17.2 Å². The molecule has 0 heterocycles. The lowest BCUT2D eigenvalue weighted by Gasteiger charge is -2.20. The lowest BCUT2D eigenvalue weighted by atomic mass is 9.97. The van der Waals surface area contributed by atoms with Crippen molar-refractivity contribution >= 4 is 5.91 Å². The van der Waals surface area contributed by atoms with E-state index < -0.39 is 0 Å². The van der Waals surface area contributed by atoms with Gasteiger partial charge in [0.2, 0.25) is 0 Å². The van der Waals surface area contributed by atoms with Crippen LogP contribution >= 0.6 is 0 Å². The average Bonchev–Trinajstić information content (AvgIpc) is 2.78. The number of carbonyl (C=O) groups excluding carboxylic acids is 1. The van der Waals surface area contributed by atoms with Gasteiger partial charge in [-0.3, -0.25) is 4.79 Å². The highest BCUT2D eigenvalue weighted by Crippen LogP contribution is 2.31. The number of aliphatic hydroxyl groups excluding tert-OH is 1. The second-order valence-electron chi connectivity index (χ2n) is 5.98. The van der Waals surface area contributed by atoms with Crippen LogP contribution in [0.2, 0.25) is 0 Å². The van der Waals surface area contributed by atoms with Gasteiger partial charge in [-0.15, -0.1) is 0 Å². The Morgan fingerprint density at radius 1 is 1.38 bits per heavy atom. The van der Waals surface area contributed by atoms with Gasteiger partial charge in [-0.2, -0.15) is 0 Å². The Morgan fingerprint density at radius 2 is 2.14 bits per heavy atom. The van der Waals surface area contributed by atoms with Gasteiger partial charge in [0.25, 0.3) is 5.91 Å². The molecule has 0 aliphatic heterocycles. The molecule has 0 radical (unpaired) electrons. The van der Waals surface area contributed by atoms with Crippen LogP contribution in [-0.4, -0.2) is 23.7 Å². The van der Waals surface area contributed by atoms with Crippen LogP contribution in [0, 0.1) is 30.6 Å². The number of aryl methyl sites for hydroxylation is 1. The molecule has 3 heteroatoms. The third-order valence-corrected chi connectivity index (χ3v) is 4.58. The van der Waals surface area contributed by atoms with Crippen molar-refractivity contribution in [1.29, 1.82) is 0 Å². The topological polar surface area (TPSA) is 49.3 Å². The van der Waals surface area contributed by atoms with Crippen molar-refractivity contribution in [3.05, 3.63) is 34.9 Å². The number of rotatable bonds is 2. The number of hydrogen-bond donors (Lipinski definition) is 2. The number of aliphatic hydroxyl groups is 1. The van der Waals surface area contributed by atoms with Gasteiger partial charge in [0.05, 0.1) is 0 Å². The van der Waals surface area contributed by atoms with Crippen LogP contribution in [0.5, 0.6) is 0 Å². The SMILES string of the molecule is Cc1ccc(C#CCO)cc1C(=O)NC1CCC(C)C1C. The maximum atomic E-state index is 12.5. The summed E-state index contributed by atoms with van der Waals surface area (Å²) in [5.74, 6) is 6.62. The maximum Gasteiger partial charge on any atom is 0.251 e. The average molecular weight is 285 g/mol. The molecule has 0 bridgehead atoms. The number of benzene rings is 1. The summed E-state index contributed by atoms with van der Waals surface area (Å²) in [5.41, 5.74) is 2.37. The van der Waals surface area contributed by atoms with E-state index in [4.69, 9.17) is 5.11 Å². The molecule has 21 heavy (non-hydrogen) atoms. The quantitative estimate of drug-likeness (QED) is 0.820. The van der Waals surface area contributed by atoms with Gasteiger partial charge in [-0.1, -0.05) is 31.8 Å². The van der Waals surface area contributed by atoms with E-state index in [9.17, 15) is 4.79 Å². The van der Waals surface area contributed by atoms with Crippen molar-refractivity contribution in [3.8, 4) is 11.8 Å². The first-order chi connectivity index (χ1) is 10.0. The van der Waals surface area contributed by atoms with Crippen LogP contribution in [0.15, 0.2) is 18.2 Å². The van der Waals surface area contributed by atoms with E-state index in [0.29, 0.717) is 17.4 Å². The molecule has 0 saturated heterocycles. The van der Waals surface area contributed by atoms with Crippen molar-refractivity contribution in [2.45, 2.75) is 39.7 Å². The Labute approximate surface area is 126 Å². The van der Waals surface area contributed by atoms with Crippen molar-refractivity contribution in [3.63, 3.8) is 0 Å². The van der Waals surface area contributed by atoms with Crippen LogP contribution in [-0.2, 0) is 0 Å². The predicted octanol–water partition coefficient (Wildman–Crippen LogP) is 2.50. The maximum absolute atomic E-state index is 12.5. The molecule has 1 aliphatic rings. The van der Waals surface area contributed by atoms with Crippen molar-refractivity contribution in [1.82, 2.24) is 5.32 Å². The molecule has 3 nitrogen and oxygen atoms in total. The summed E-state index contributed by atoms with van der Waals surface area (Å²) in [6.45, 7) is 6.21. The zero-order chi connectivity index (χ0) is 15.4. The second kappa shape index (κ2) is 6.78. The van der Waals surface area contributed by atoms with Crippen molar-refractivity contribution in [2.75, 3.05) is 6.61 Å². The normalized spacial score (nSPS) is 24.3. The van der Waals surface area contributed by atoms with E-state index in [1.165, 1.54) is 6.42 Å². The third kappa shape index (κ3) is 3.65. The Balaban J connectivity index is 2.15. The predicted molar refractivity (Wildman–Crippen MR) is 84.0 cm³/mol. The number of hydrogen-bond acceptors (Lipinski definition) is 2. The number of amides is 1. The van der Waals surface area contributed by atoms with Gasteiger partial charge in [-0.25, -0.2) is 0 Å². The summed E-state index contributed by atoms with van der Waals surface area (Å²) in [6.07, 6.45) is 2.23. The van der Waals surface area contributed by atoms with Gasteiger partial charge in [-0.05, 0) is 49.3 Å². The van der Waals surface area contributed by atoms with Gasteiger partial charge >= 0.3 is 0 Å². The summed E-state index contributed by atoms with van der Waals surface area (Å²) >= 11 is 0. The fourth-order valence-corrected chi connectivity index (χ4v) is 2.90. The first-order valence-electron chi connectivity index (χ1n) is 7.54. The summed E-state index contributed by atoms with van der Waals surface area (Å²) in [6, 6.07) is 5.83. The first-order valence-corrected chi connectivity index (χ1v) is 7.54. The van der Waals surface area contributed by atoms with E-state index >= 15 is 0 Å². The molecule has 1 aromatic rings. The fourth-order valence-electron chi connectivity index (χ4n) is 2.90. The van der Waals surface area contributed by atoms with Gasteiger partial charge in [0.15, 0.2) is 0 Å². The molecule has 0 spiro atoms. The molecule has 1 saturated carbocycles. The zero-order valence-corrected chi connectivity index (χ0v) is 12.9. The van der Waals surface area contributed by atoms with E-state index in [0.717, 1.165) is 17.5 Å². The summed E-state index contributed by atoms with van der Waals surface area (Å²) in [5, 5.41) is 11.9. The highest BCUT2D eigenvalue weighted by atomic mass is 16.2. The minimum atomic E-state index is -0.174. The van der Waals surface area contributed by atoms with E-state index in [-0.39, 0.29) is 18.6 Å². The molecule has 1 amide bonds. The Morgan fingerprint density at radius 3 is 2.76 bits per heavy atom. The van der Waals surface area contributed by atoms with Gasteiger partial charge < -0.3 is 10.4 Å². The highest BCUT2D eigenvalue weighted by Gasteiger charge is 2.31. The highest BCUT2D eigenvalue weighted by molar-refractivity contribution is 5.96. The molecule has 3 unspecified atom stereocenters. The van der Waals surface area contributed by atoms with Gasteiger partial charge in [0.1, 0.15) is 6.61 Å². The summed E-state index contributed by atoms with van der Waals surface area (Å²) in [7, 11) is 0. The van der Waals surface area contributed by atoms with E-state index in [1.54, 1.807) is 6.07 Å². The molecular weight excluding hydrogens is 262 g/mol. The van der Waals surface area contributed by atoms with Crippen LogP contribution in [0.25, 0.3) is 0 Å². The number of nitrogens with one attached hydrogen (secondary N) is 1. The molecule has 2 rings (SSSR count). The van der Waals surface area contributed by atoms with E-state index in [1.807, 2.05) is 19.1 Å². The lowest BCUT2D eigenvalue weighted by Crippen LogP contribution is -2.37. The van der Waals surface area contributed by atoms with Crippen molar-refractivity contribution < 1.29 is 9.90 Å². The largest absolute Gasteiger partial charge is 0.384 e. The standard InChI is InChI=1S/C18H23NO2/c1-12-7-9-17(14(12)3)19-18(21)16-11-15(5-4-10-20)8-6-13(16)2/h6,8,11-12,14,17,20H,7,9-10H2,1-3H3,(H,19,21). The first kappa shape index (κ1) is 15.6. The molecule has 2 N–H and O–H groups in total. The lowest BCUT2D eigenvalue weighted by molar-refractivity contribution is 0.0926. The van der Waals surface area contributed by atoms with Crippen LogP contribution in [0.4, 0.5) is 0 Å². The van der Waals surface area contributed by atoms with E-state index in [2.05, 4.69) is 31.0 Å². The second-order valence-corrected chi connectivity index (χ2v) is 5.98. The van der Waals surface area contributed by atoms with Crippen LogP contribution < -0.4 is 5.32 Å². The number of carbonyl (C=O) groups is 1. The monoisotopic (exact) mass is 285 g/mol. The molecule has 1 aromatic carbocycles. The third-order valence-electron chi connectivity index (χ3n) is 4.58. The van der Waals surface area contributed by atoms with Crippen molar-refractivity contribution in [2.24, 2.45) is 11.8 Å². The summed E-state index contributed by atoms with van der Waals surface area (Å²) in [4.78, 5) is 12.5. The minimum absolute atomic E-state index is 0.0221. The molecule has 0 aromatic heterocycles.